The summed E-state index contributed by atoms with van der Waals surface area (Å²) in [5, 5.41) is 4.43. The lowest BCUT2D eigenvalue weighted by atomic mass is 9.74. The van der Waals surface area contributed by atoms with Gasteiger partial charge in [0.1, 0.15) is 0 Å². The Bertz CT molecular complexity index is 528. The van der Waals surface area contributed by atoms with E-state index in [1.165, 1.54) is 0 Å². The fraction of sp³-hybridized carbons (Fsp3) is 0.562. The predicted molar refractivity (Wildman–Crippen MR) is 93.0 cm³/mol. The van der Waals surface area contributed by atoms with Gasteiger partial charge in [-0.05, 0) is 37.0 Å². The summed E-state index contributed by atoms with van der Waals surface area (Å²) in [6.45, 7) is 4.93. The molecule has 0 spiro atoms. The zero-order chi connectivity index (χ0) is 16.0. The van der Waals surface area contributed by atoms with Crippen molar-refractivity contribution in [1.29, 1.82) is 0 Å². The molecule has 22 heavy (non-hydrogen) atoms. The molecule has 0 atom stereocenters. The Kier molecular flexibility index (Phi) is 6.36. The van der Waals surface area contributed by atoms with Crippen molar-refractivity contribution in [3.8, 4) is 0 Å². The Morgan fingerprint density at radius 3 is 2.73 bits per heavy atom. The summed E-state index contributed by atoms with van der Waals surface area (Å²) in [6, 6.07) is 5.67. The zero-order valence-corrected chi connectivity index (χ0v) is 14.4. The quantitative estimate of drug-likeness (QED) is 0.636. The normalized spacial score (nSPS) is 18.2. The van der Waals surface area contributed by atoms with Crippen LogP contribution in [0.1, 0.15) is 31.7 Å². The van der Waals surface area contributed by atoms with Gasteiger partial charge in [0.15, 0.2) is 5.96 Å². The second-order valence-corrected chi connectivity index (χ2v) is 6.49. The second kappa shape index (κ2) is 8.04. The Labute approximate surface area is 142 Å². The highest BCUT2D eigenvalue weighted by Crippen LogP contribution is 2.39. The van der Waals surface area contributed by atoms with Gasteiger partial charge in [-0.15, -0.1) is 0 Å². The number of nitrogens with one attached hydrogen (secondary N) is 1. The van der Waals surface area contributed by atoms with E-state index in [9.17, 15) is 0 Å². The predicted octanol–water partition coefficient (Wildman–Crippen LogP) is 3.36. The van der Waals surface area contributed by atoms with Gasteiger partial charge < -0.3 is 15.8 Å². The molecular weight excluding hydrogens is 321 g/mol. The van der Waals surface area contributed by atoms with Crippen LogP contribution in [0.15, 0.2) is 23.2 Å². The standard InChI is InChI=1S/C16H23Cl2N3O/c1-2-7-20-15(19)21-11-16(5-8-22-9-6-16)13-4-3-12(17)10-14(13)18/h3-4,10H,2,5-9,11H2,1H3,(H3,19,20,21). The Morgan fingerprint density at radius 1 is 1.36 bits per heavy atom. The monoisotopic (exact) mass is 343 g/mol. The highest BCUT2D eigenvalue weighted by atomic mass is 35.5. The van der Waals surface area contributed by atoms with Crippen LogP contribution in [0.4, 0.5) is 0 Å². The van der Waals surface area contributed by atoms with Gasteiger partial charge in [-0.3, -0.25) is 4.99 Å². The Balaban J connectivity index is 2.24. The molecule has 1 aliphatic heterocycles. The van der Waals surface area contributed by atoms with E-state index in [0.717, 1.165) is 31.4 Å². The van der Waals surface area contributed by atoms with E-state index in [4.69, 9.17) is 33.7 Å². The first kappa shape index (κ1) is 17.4. The maximum absolute atomic E-state index is 6.43. The molecular formula is C16H23Cl2N3O. The lowest BCUT2D eigenvalue weighted by Gasteiger charge is -2.37. The summed E-state index contributed by atoms with van der Waals surface area (Å²) in [6.07, 6.45) is 2.76. The van der Waals surface area contributed by atoms with Crippen molar-refractivity contribution in [2.45, 2.75) is 31.6 Å². The molecule has 1 saturated heterocycles. The number of guanidine groups is 1. The van der Waals surface area contributed by atoms with Gasteiger partial charge in [0.05, 0.1) is 6.54 Å². The molecule has 4 nitrogen and oxygen atoms in total. The average molecular weight is 344 g/mol. The molecule has 0 radical (unpaired) electrons. The van der Waals surface area contributed by atoms with Gasteiger partial charge in [0, 0.05) is 35.2 Å². The SMILES string of the molecule is CCCNC(N)=NCC1(c2ccc(Cl)cc2Cl)CCOCC1. The largest absolute Gasteiger partial charge is 0.381 e. The van der Waals surface area contributed by atoms with Gasteiger partial charge >= 0.3 is 0 Å². The fourth-order valence-corrected chi connectivity index (χ4v) is 3.35. The van der Waals surface area contributed by atoms with Crippen molar-refractivity contribution in [1.82, 2.24) is 5.32 Å². The molecule has 1 aromatic carbocycles. The minimum atomic E-state index is -0.140. The van der Waals surface area contributed by atoms with Crippen LogP contribution in [0.3, 0.4) is 0 Å². The van der Waals surface area contributed by atoms with E-state index < -0.39 is 0 Å². The molecule has 122 valence electrons. The van der Waals surface area contributed by atoms with Crippen molar-refractivity contribution in [3.63, 3.8) is 0 Å². The third kappa shape index (κ3) is 4.28. The maximum Gasteiger partial charge on any atom is 0.188 e. The lowest BCUT2D eigenvalue weighted by Crippen LogP contribution is -2.39. The first-order valence-corrected chi connectivity index (χ1v) is 8.40. The van der Waals surface area contributed by atoms with Crippen LogP contribution in [0.25, 0.3) is 0 Å². The molecule has 0 amide bonds. The molecule has 3 N–H and O–H groups in total. The van der Waals surface area contributed by atoms with E-state index in [1.807, 2.05) is 12.1 Å². The van der Waals surface area contributed by atoms with Crippen molar-refractivity contribution in [2.75, 3.05) is 26.3 Å². The molecule has 0 aliphatic carbocycles. The Morgan fingerprint density at radius 2 is 2.09 bits per heavy atom. The smallest absolute Gasteiger partial charge is 0.188 e. The van der Waals surface area contributed by atoms with Gasteiger partial charge in [-0.25, -0.2) is 0 Å². The number of nitrogens with zero attached hydrogens (tertiary/aromatic N) is 1. The van der Waals surface area contributed by atoms with Gasteiger partial charge in [-0.1, -0.05) is 36.2 Å². The van der Waals surface area contributed by atoms with Crippen molar-refractivity contribution < 1.29 is 4.74 Å². The first-order valence-electron chi connectivity index (χ1n) is 7.64. The lowest BCUT2D eigenvalue weighted by molar-refractivity contribution is 0.0531. The molecule has 1 aliphatic rings. The number of aliphatic imine (C=N–C) groups is 1. The van der Waals surface area contributed by atoms with Gasteiger partial charge in [0.2, 0.25) is 0 Å². The summed E-state index contributed by atoms with van der Waals surface area (Å²) in [5.41, 5.74) is 6.87. The zero-order valence-electron chi connectivity index (χ0n) is 12.9. The molecule has 1 fully saturated rings. The second-order valence-electron chi connectivity index (χ2n) is 5.65. The summed E-state index contributed by atoms with van der Waals surface area (Å²) in [7, 11) is 0. The molecule has 1 heterocycles. The van der Waals surface area contributed by atoms with Crippen LogP contribution in [0.5, 0.6) is 0 Å². The number of benzene rings is 1. The number of ether oxygens (including phenoxy) is 1. The van der Waals surface area contributed by atoms with Crippen LogP contribution in [-0.2, 0) is 10.2 Å². The Hall–Kier alpha value is -0.970. The minimum Gasteiger partial charge on any atom is -0.381 e. The molecule has 0 bridgehead atoms. The van der Waals surface area contributed by atoms with Crippen molar-refractivity contribution in [3.05, 3.63) is 33.8 Å². The van der Waals surface area contributed by atoms with E-state index in [2.05, 4.69) is 17.2 Å². The topological polar surface area (TPSA) is 59.6 Å². The third-order valence-electron chi connectivity index (χ3n) is 4.06. The number of rotatable bonds is 5. The van der Waals surface area contributed by atoms with Gasteiger partial charge in [0.25, 0.3) is 0 Å². The summed E-state index contributed by atoms with van der Waals surface area (Å²) in [4.78, 5) is 4.53. The van der Waals surface area contributed by atoms with E-state index in [-0.39, 0.29) is 5.41 Å². The highest BCUT2D eigenvalue weighted by Gasteiger charge is 2.36. The highest BCUT2D eigenvalue weighted by molar-refractivity contribution is 6.35. The number of hydrogen-bond acceptors (Lipinski definition) is 2. The fourth-order valence-electron chi connectivity index (χ4n) is 2.74. The van der Waals surface area contributed by atoms with Crippen LogP contribution < -0.4 is 11.1 Å². The minimum absolute atomic E-state index is 0.140. The summed E-state index contributed by atoms with van der Waals surface area (Å²) < 4.78 is 5.52. The molecule has 0 unspecified atom stereocenters. The van der Waals surface area contributed by atoms with E-state index >= 15 is 0 Å². The van der Waals surface area contributed by atoms with Crippen molar-refractivity contribution >= 4 is 29.2 Å². The van der Waals surface area contributed by atoms with E-state index in [1.54, 1.807) is 6.07 Å². The summed E-state index contributed by atoms with van der Waals surface area (Å²) >= 11 is 12.5. The maximum atomic E-state index is 6.43. The van der Waals surface area contributed by atoms with Crippen LogP contribution in [0.2, 0.25) is 10.0 Å². The van der Waals surface area contributed by atoms with Crippen LogP contribution >= 0.6 is 23.2 Å². The molecule has 1 aromatic rings. The third-order valence-corrected chi connectivity index (χ3v) is 4.61. The number of halogens is 2. The van der Waals surface area contributed by atoms with Gasteiger partial charge in [-0.2, -0.15) is 0 Å². The average Bonchev–Trinajstić information content (AvgIpc) is 2.51. The van der Waals surface area contributed by atoms with Crippen molar-refractivity contribution in [2.24, 2.45) is 10.7 Å². The molecule has 2 rings (SSSR count). The first-order chi connectivity index (χ1) is 10.6. The molecule has 0 aromatic heterocycles. The van der Waals surface area contributed by atoms with Crippen LogP contribution in [-0.4, -0.2) is 32.3 Å². The molecule has 0 saturated carbocycles. The number of nitrogens with two attached hydrogens (primary N) is 1. The van der Waals surface area contributed by atoms with E-state index in [0.29, 0.717) is 35.8 Å². The summed E-state index contributed by atoms with van der Waals surface area (Å²) in [5.74, 6) is 0.484. The molecule has 6 heteroatoms. The van der Waals surface area contributed by atoms with Crippen LogP contribution in [0, 0.1) is 0 Å². The number of hydrogen-bond donors (Lipinski definition) is 2.